The van der Waals surface area contributed by atoms with Crippen molar-refractivity contribution in [3.05, 3.63) is 86.0 Å². The van der Waals surface area contributed by atoms with Gasteiger partial charge in [-0.2, -0.15) is 5.10 Å². The monoisotopic (exact) mass is 437 g/mol. The quantitative estimate of drug-likeness (QED) is 0.554. The summed E-state index contributed by atoms with van der Waals surface area (Å²) >= 11 is 18.3. The highest BCUT2D eigenvalue weighted by atomic mass is 35.5. The smallest absolute Gasteiger partial charge is 0.129 e. The number of allylic oxidation sites excluding steroid dienone is 2. The van der Waals surface area contributed by atoms with Gasteiger partial charge in [-0.05, 0) is 48.9 Å². The Morgan fingerprint density at radius 1 is 1.04 bits per heavy atom. The van der Waals surface area contributed by atoms with Crippen molar-refractivity contribution in [2.75, 3.05) is 5.32 Å². The van der Waals surface area contributed by atoms with Crippen molar-refractivity contribution in [1.29, 1.82) is 0 Å². The first-order valence-corrected chi connectivity index (χ1v) is 10.4. The Hall–Kier alpha value is -1.79. The van der Waals surface area contributed by atoms with E-state index in [0.717, 1.165) is 17.1 Å². The summed E-state index contributed by atoms with van der Waals surface area (Å²) < 4.78 is 15.3. The van der Waals surface area contributed by atoms with Crippen molar-refractivity contribution in [2.45, 2.75) is 17.9 Å². The van der Waals surface area contributed by atoms with Crippen LogP contribution in [0.2, 0.25) is 15.1 Å². The molecule has 27 heavy (non-hydrogen) atoms. The molecule has 1 aliphatic heterocycles. The summed E-state index contributed by atoms with van der Waals surface area (Å²) in [5.74, 6) is 0.820. The summed E-state index contributed by atoms with van der Waals surface area (Å²) in [7, 11) is -1.42. The topological polar surface area (TPSA) is 46.9 Å². The van der Waals surface area contributed by atoms with Gasteiger partial charge >= 0.3 is 0 Å². The molecule has 1 aliphatic rings. The molecule has 0 spiro atoms. The molecule has 0 amide bonds. The zero-order valence-electron chi connectivity index (χ0n) is 14.1. The van der Waals surface area contributed by atoms with Crippen LogP contribution in [0.1, 0.15) is 18.5 Å². The van der Waals surface area contributed by atoms with Crippen molar-refractivity contribution >= 4 is 51.4 Å². The van der Waals surface area contributed by atoms with Gasteiger partial charge in [0.15, 0.2) is 0 Å². The molecule has 0 radical (unpaired) electrons. The first-order valence-electron chi connectivity index (χ1n) is 8.09. The van der Waals surface area contributed by atoms with Crippen molar-refractivity contribution in [1.82, 2.24) is 9.78 Å². The van der Waals surface area contributed by atoms with Crippen LogP contribution >= 0.6 is 34.8 Å². The molecule has 3 aromatic rings. The van der Waals surface area contributed by atoms with E-state index in [1.165, 1.54) is 0 Å². The van der Waals surface area contributed by atoms with Crippen LogP contribution in [-0.4, -0.2) is 14.0 Å². The highest BCUT2D eigenvalue weighted by Crippen LogP contribution is 2.40. The van der Waals surface area contributed by atoms with Gasteiger partial charge in [-0.25, -0.2) is 8.89 Å². The third kappa shape index (κ3) is 3.41. The van der Waals surface area contributed by atoms with Gasteiger partial charge in [-0.15, -0.1) is 0 Å². The number of hydrogen-bond donors (Lipinski definition) is 1. The standard InChI is InChI=1S/C19H14Cl3N3OS/c1-11-19(27(26)14-5-3-13(20)4-6-14)18(25-17(24-11)8-9-23-25)12-2-7-15(21)16(22)10-12/h2-10,18,24H,1H3. The van der Waals surface area contributed by atoms with Crippen molar-refractivity contribution in [3.8, 4) is 0 Å². The maximum atomic E-state index is 13.5. The van der Waals surface area contributed by atoms with E-state index < -0.39 is 10.8 Å². The third-order valence-corrected chi connectivity index (χ3v) is 6.96. The van der Waals surface area contributed by atoms with Crippen molar-refractivity contribution < 1.29 is 4.21 Å². The van der Waals surface area contributed by atoms with Crippen LogP contribution in [0.3, 0.4) is 0 Å². The molecule has 4 rings (SSSR count). The van der Waals surface area contributed by atoms with Gasteiger partial charge < -0.3 is 5.32 Å². The predicted molar refractivity (Wildman–Crippen MR) is 111 cm³/mol. The largest absolute Gasteiger partial charge is 0.343 e. The molecule has 4 nitrogen and oxygen atoms in total. The molecule has 0 bridgehead atoms. The lowest BCUT2D eigenvalue weighted by atomic mass is 10.0. The summed E-state index contributed by atoms with van der Waals surface area (Å²) in [4.78, 5) is 1.36. The molecule has 0 saturated heterocycles. The minimum absolute atomic E-state index is 0.373. The third-order valence-electron chi connectivity index (χ3n) is 4.34. The highest BCUT2D eigenvalue weighted by molar-refractivity contribution is 7.89. The number of rotatable bonds is 3. The number of nitrogens with one attached hydrogen (secondary N) is 1. The Morgan fingerprint density at radius 3 is 2.48 bits per heavy atom. The minimum Gasteiger partial charge on any atom is -0.343 e. The fraction of sp³-hybridized carbons (Fsp3) is 0.105. The van der Waals surface area contributed by atoms with Crippen LogP contribution in [0.15, 0.2) is 70.2 Å². The molecule has 0 aliphatic carbocycles. The molecule has 2 unspecified atom stereocenters. The average molecular weight is 439 g/mol. The van der Waals surface area contributed by atoms with E-state index in [0.29, 0.717) is 24.9 Å². The number of fused-ring (bicyclic) bond motifs is 1. The molecule has 2 heterocycles. The number of hydrogen-bond acceptors (Lipinski definition) is 3. The minimum atomic E-state index is -1.42. The van der Waals surface area contributed by atoms with Gasteiger partial charge in [-0.1, -0.05) is 40.9 Å². The van der Waals surface area contributed by atoms with E-state index in [1.54, 1.807) is 47.3 Å². The van der Waals surface area contributed by atoms with Gasteiger partial charge in [0.05, 0.1) is 31.9 Å². The first-order chi connectivity index (χ1) is 13.0. The maximum Gasteiger partial charge on any atom is 0.129 e. The van der Waals surface area contributed by atoms with E-state index in [2.05, 4.69) is 10.4 Å². The van der Waals surface area contributed by atoms with Crippen LogP contribution in [0.4, 0.5) is 5.82 Å². The zero-order valence-corrected chi connectivity index (χ0v) is 17.2. The molecular weight excluding hydrogens is 425 g/mol. The molecular formula is C19H14Cl3N3OS. The Labute approximate surface area is 174 Å². The Balaban J connectivity index is 1.87. The van der Waals surface area contributed by atoms with E-state index in [4.69, 9.17) is 34.8 Å². The van der Waals surface area contributed by atoms with E-state index in [1.807, 2.05) is 19.1 Å². The Bertz CT molecular complexity index is 1080. The molecule has 2 atom stereocenters. The predicted octanol–water partition coefficient (Wildman–Crippen LogP) is 5.90. The number of aromatic nitrogens is 2. The zero-order chi connectivity index (χ0) is 19.1. The van der Waals surface area contributed by atoms with E-state index >= 15 is 0 Å². The van der Waals surface area contributed by atoms with Gasteiger partial charge in [0, 0.05) is 21.7 Å². The number of halogens is 3. The van der Waals surface area contributed by atoms with Crippen molar-refractivity contribution in [2.24, 2.45) is 0 Å². The SMILES string of the molecule is CC1=C(S(=O)c2ccc(Cl)cc2)C(c2ccc(Cl)c(Cl)c2)n2nccc2N1. The second-order valence-corrected chi connectivity index (χ2v) is 8.77. The molecule has 1 aromatic heterocycles. The molecule has 8 heteroatoms. The molecule has 2 aromatic carbocycles. The second kappa shape index (κ2) is 7.32. The highest BCUT2D eigenvalue weighted by Gasteiger charge is 2.32. The Kier molecular flexibility index (Phi) is 5.03. The van der Waals surface area contributed by atoms with E-state index in [9.17, 15) is 4.21 Å². The summed E-state index contributed by atoms with van der Waals surface area (Å²) in [6.45, 7) is 1.91. The molecule has 0 saturated carbocycles. The lowest BCUT2D eigenvalue weighted by molar-refractivity contribution is 0.590. The summed E-state index contributed by atoms with van der Waals surface area (Å²) in [6.07, 6.45) is 1.70. The van der Waals surface area contributed by atoms with Crippen LogP contribution in [-0.2, 0) is 10.8 Å². The van der Waals surface area contributed by atoms with Crippen LogP contribution in [0.5, 0.6) is 0 Å². The number of benzene rings is 2. The van der Waals surface area contributed by atoms with Crippen LogP contribution in [0, 0.1) is 0 Å². The molecule has 0 fully saturated rings. The fourth-order valence-corrected chi connectivity index (χ4v) is 4.93. The lowest BCUT2D eigenvalue weighted by Gasteiger charge is -2.30. The summed E-state index contributed by atoms with van der Waals surface area (Å²) in [6, 6.07) is 13.9. The first kappa shape index (κ1) is 18.6. The van der Waals surface area contributed by atoms with E-state index in [-0.39, 0.29) is 6.04 Å². The van der Waals surface area contributed by atoms with Gasteiger partial charge in [0.1, 0.15) is 11.9 Å². The lowest BCUT2D eigenvalue weighted by Crippen LogP contribution is -2.26. The van der Waals surface area contributed by atoms with Crippen molar-refractivity contribution in [3.63, 3.8) is 0 Å². The fourth-order valence-electron chi connectivity index (χ4n) is 3.09. The summed E-state index contributed by atoms with van der Waals surface area (Å²) in [5.41, 5.74) is 1.67. The number of nitrogens with zero attached hydrogens (tertiary/aromatic N) is 2. The van der Waals surface area contributed by atoms with Gasteiger partial charge in [0.25, 0.3) is 0 Å². The Morgan fingerprint density at radius 2 is 1.78 bits per heavy atom. The molecule has 1 N–H and O–H groups in total. The van der Waals surface area contributed by atoms with Crippen LogP contribution in [0.25, 0.3) is 0 Å². The van der Waals surface area contributed by atoms with Crippen LogP contribution < -0.4 is 5.32 Å². The number of anilines is 1. The molecule has 138 valence electrons. The van der Waals surface area contributed by atoms with Gasteiger partial charge in [0.2, 0.25) is 0 Å². The van der Waals surface area contributed by atoms with Gasteiger partial charge in [-0.3, -0.25) is 0 Å². The summed E-state index contributed by atoms with van der Waals surface area (Å²) in [5, 5.41) is 9.21. The normalized spacial score (nSPS) is 17.4. The maximum absolute atomic E-state index is 13.5. The average Bonchev–Trinajstić information content (AvgIpc) is 3.11. The second-order valence-electron chi connectivity index (χ2n) is 6.07.